The maximum absolute atomic E-state index is 11.3. The van der Waals surface area contributed by atoms with Crippen molar-refractivity contribution in [3.63, 3.8) is 0 Å². The fourth-order valence-electron chi connectivity index (χ4n) is 2.50. The number of hydrogen-bond acceptors (Lipinski definition) is 3. The minimum atomic E-state index is -0.748. The third-order valence-corrected chi connectivity index (χ3v) is 3.32. The molecule has 0 bridgehead atoms. The van der Waals surface area contributed by atoms with Gasteiger partial charge in [-0.1, -0.05) is 19.4 Å². The number of rotatable bonds is 4. The number of benzene rings is 1. The van der Waals surface area contributed by atoms with E-state index in [1.165, 1.54) is 0 Å². The Morgan fingerprint density at radius 1 is 1.59 bits per heavy atom. The lowest BCUT2D eigenvalue weighted by molar-refractivity contribution is -0.138. The van der Waals surface area contributed by atoms with Crippen LogP contribution in [0, 0.1) is 0 Å². The lowest BCUT2D eigenvalue weighted by Crippen LogP contribution is -2.40. The molecular formula is C13H18N2O2. The summed E-state index contributed by atoms with van der Waals surface area (Å²) < 4.78 is 0. The number of nitrogens with zero attached hydrogens (tertiary/aromatic N) is 1. The predicted molar refractivity (Wildman–Crippen MR) is 68.2 cm³/mol. The maximum atomic E-state index is 11.3. The standard InChI is InChI=1S/C13H18N2O2/c1-2-4-12(13(16)17)15-8-7-9-10(14)5-3-6-11(9)15/h3,5-6,12H,2,4,7-8,14H2,1H3,(H,16,17). The third kappa shape index (κ3) is 2.07. The molecule has 0 amide bonds. The maximum Gasteiger partial charge on any atom is 0.326 e. The molecule has 3 N–H and O–H groups in total. The van der Waals surface area contributed by atoms with Crippen LogP contribution >= 0.6 is 0 Å². The van der Waals surface area contributed by atoms with Gasteiger partial charge >= 0.3 is 5.97 Å². The molecule has 0 aliphatic carbocycles. The average molecular weight is 234 g/mol. The Bertz CT molecular complexity index is 431. The van der Waals surface area contributed by atoms with Crippen molar-refractivity contribution in [2.45, 2.75) is 32.2 Å². The van der Waals surface area contributed by atoms with Gasteiger partial charge in [0.15, 0.2) is 0 Å². The van der Waals surface area contributed by atoms with Gasteiger partial charge < -0.3 is 15.7 Å². The molecule has 4 heteroatoms. The van der Waals surface area contributed by atoms with Crippen molar-refractivity contribution in [3.8, 4) is 0 Å². The van der Waals surface area contributed by atoms with E-state index in [0.717, 1.165) is 36.3 Å². The molecule has 0 fully saturated rings. The molecule has 2 rings (SSSR count). The summed E-state index contributed by atoms with van der Waals surface area (Å²) in [5.41, 5.74) is 8.76. The zero-order valence-corrected chi connectivity index (χ0v) is 10.0. The monoisotopic (exact) mass is 234 g/mol. The molecule has 92 valence electrons. The predicted octanol–water partition coefficient (Wildman–Crippen LogP) is 1.88. The lowest BCUT2D eigenvalue weighted by atomic mass is 10.1. The van der Waals surface area contributed by atoms with Crippen LogP contribution in [0.15, 0.2) is 18.2 Å². The van der Waals surface area contributed by atoms with E-state index in [9.17, 15) is 9.90 Å². The molecule has 0 aromatic heterocycles. The first-order valence-electron chi connectivity index (χ1n) is 6.02. The van der Waals surface area contributed by atoms with E-state index in [-0.39, 0.29) is 0 Å². The van der Waals surface area contributed by atoms with Crippen LogP contribution in [0.4, 0.5) is 11.4 Å². The van der Waals surface area contributed by atoms with Gasteiger partial charge in [-0.15, -0.1) is 0 Å². The Labute approximate surface area is 101 Å². The topological polar surface area (TPSA) is 66.6 Å². The minimum absolute atomic E-state index is 0.428. The third-order valence-electron chi connectivity index (χ3n) is 3.32. The van der Waals surface area contributed by atoms with Crippen molar-refractivity contribution < 1.29 is 9.90 Å². The van der Waals surface area contributed by atoms with E-state index in [2.05, 4.69) is 0 Å². The van der Waals surface area contributed by atoms with Crippen molar-refractivity contribution in [2.24, 2.45) is 0 Å². The molecule has 1 aromatic carbocycles. The van der Waals surface area contributed by atoms with Crippen molar-refractivity contribution in [2.75, 3.05) is 17.2 Å². The minimum Gasteiger partial charge on any atom is -0.480 e. The average Bonchev–Trinajstić information content (AvgIpc) is 2.70. The van der Waals surface area contributed by atoms with E-state index in [4.69, 9.17) is 5.73 Å². The fourth-order valence-corrected chi connectivity index (χ4v) is 2.50. The molecule has 4 nitrogen and oxygen atoms in total. The molecule has 1 unspecified atom stereocenters. The van der Waals surface area contributed by atoms with Gasteiger partial charge in [0.05, 0.1) is 0 Å². The van der Waals surface area contributed by atoms with E-state index in [1.807, 2.05) is 30.0 Å². The highest BCUT2D eigenvalue weighted by atomic mass is 16.4. The molecular weight excluding hydrogens is 216 g/mol. The van der Waals surface area contributed by atoms with Gasteiger partial charge in [-0.25, -0.2) is 4.79 Å². The summed E-state index contributed by atoms with van der Waals surface area (Å²) in [6.45, 7) is 2.76. The SMILES string of the molecule is CCCC(C(=O)O)N1CCc2c(N)cccc21. The molecule has 0 spiro atoms. The highest BCUT2D eigenvalue weighted by Gasteiger charge is 2.30. The number of hydrogen-bond donors (Lipinski definition) is 2. The number of nitrogens with two attached hydrogens (primary N) is 1. The summed E-state index contributed by atoms with van der Waals surface area (Å²) in [4.78, 5) is 13.3. The molecule has 1 aromatic rings. The fraction of sp³-hybridized carbons (Fsp3) is 0.462. The summed E-state index contributed by atoms with van der Waals surface area (Å²) in [7, 11) is 0. The summed E-state index contributed by atoms with van der Waals surface area (Å²) >= 11 is 0. The molecule has 0 radical (unpaired) electrons. The normalized spacial score (nSPS) is 15.7. The lowest BCUT2D eigenvalue weighted by Gasteiger charge is -2.26. The van der Waals surface area contributed by atoms with Gasteiger partial charge in [0.1, 0.15) is 6.04 Å². The highest BCUT2D eigenvalue weighted by molar-refractivity contribution is 5.81. The first-order valence-corrected chi connectivity index (χ1v) is 6.02. The zero-order valence-electron chi connectivity index (χ0n) is 10.0. The molecule has 1 heterocycles. The van der Waals surface area contributed by atoms with Gasteiger partial charge in [0.25, 0.3) is 0 Å². The van der Waals surface area contributed by atoms with Crippen molar-refractivity contribution in [3.05, 3.63) is 23.8 Å². The molecule has 17 heavy (non-hydrogen) atoms. The molecule has 1 aliphatic heterocycles. The van der Waals surface area contributed by atoms with E-state index in [0.29, 0.717) is 6.42 Å². The first kappa shape index (κ1) is 11.8. The smallest absolute Gasteiger partial charge is 0.326 e. The first-order chi connectivity index (χ1) is 8.15. The number of aliphatic carboxylic acids is 1. The molecule has 0 saturated carbocycles. The van der Waals surface area contributed by atoms with Crippen LogP contribution in [0.3, 0.4) is 0 Å². The second kappa shape index (κ2) is 4.65. The van der Waals surface area contributed by atoms with Crippen LogP contribution in [-0.2, 0) is 11.2 Å². The Balaban J connectivity index is 2.31. The molecule has 0 saturated heterocycles. The van der Waals surface area contributed by atoms with Gasteiger partial charge in [-0.3, -0.25) is 0 Å². The number of carboxylic acid groups (broad SMARTS) is 1. The van der Waals surface area contributed by atoms with Crippen molar-refractivity contribution in [1.82, 2.24) is 0 Å². The van der Waals surface area contributed by atoms with Crippen LogP contribution in [0.5, 0.6) is 0 Å². The number of nitrogen functional groups attached to an aromatic ring is 1. The Kier molecular flexibility index (Phi) is 3.22. The molecule has 1 atom stereocenters. The van der Waals surface area contributed by atoms with Crippen LogP contribution in [0.2, 0.25) is 0 Å². The van der Waals surface area contributed by atoms with E-state index in [1.54, 1.807) is 0 Å². The summed E-state index contributed by atoms with van der Waals surface area (Å²) in [5, 5.41) is 9.29. The summed E-state index contributed by atoms with van der Waals surface area (Å²) in [6, 6.07) is 5.29. The summed E-state index contributed by atoms with van der Waals surface area (Å²) in [6.07, 6.45) is 2.38. The van der Waals surface area contributed by atoms with E-state index < -0.39 is 12.0 Å². The Morgan fingerprint density at radius 2 is 2.35 bits per heavy atom. The van der Waals surface area contributed by atoms with Gasteiger partial charge in [0.2, 0.25) is 0 Å². The van der Waals surface area contributed by atoms with E-state index >= 15 is 0 Å². The van der Waals surface area contributed by atoms with Gasteiger partial charge in [-0.2, -0.15) is 0 Å². The zero-order chi connectivity index (χ0) is 12.4. The van der Waals surface area contributed by atoms with Gasteiger partial charge in [-0.05, 0) is 25.0 Å². The van der Waals surface area contributed by atoms with Crippen LogP contribution in [-0.4, -0.2) is 23.7 Å². The number of fused-ring (bicyclic) bond motifs is 1. The van der Waals surface area contributed by atoms with Crippen LogP contribution in [0.25, 0.3) is 0 Å². The second-order valence-electron chi connectivity index (χ2n) is 4.43. The quantitative estimate of drug-likeness (QED) is 0.781. The largest absolute Gasteiger partial charge is 0.480 e. The second-order valence-corrected chi connectivity index (χ2v) is 4.43. The highest BCUT2D eigenvalue weighted by Crippen LogP contribution is 2.34. The van der Waals surface area contributed by atoms with Gasteiger partial charge in [0, 0.05) is 23.5 Å². The van der Waals surface area contributed by atoms with Crippen molar-refractivity contribution >= 4 is 17.3 Å². The van der Waals surface area contributed by atoms with Crippen molar-refractivity contribution in [1.29, 1.82) is 0 Å². The number of anilines is 2. The van der Waals surface area contributed by atoms with Crippen LogP contribution in [0.1, 0.15) is 25.3 Å². The Morgan fingerprint density at radius 3 is 3.00 bits per heavy atom. The number of carboxylic acids is 1. The molecule has 1 aliphatic rings. The summed E-state index contributed by atoms with van der Waals surface area (Å²) in [5.74, 6) is -0.748. The Hall–Kier alpha value is -1.71. The van der Waals surface area contributed by atoms with Crippen LogP contribution < -0.4 is 10.6 Å². The number of carbonyl (C=O) groups is 1.